The standard InChI is InChI=1S/C15H14F3NS/c1-9(19)6-10-2-5-15(14(18)7-10)20-11-3-4-12(16)13(17)8-11/h2-5,7-9H,6,19H2,1H3. The van der Waals surface area contributed by atoms with E-state index in [1.54, 1.807) is 12.1 Å². The summed E-state index contributed by atoms with van der Waals surface area (Å²) in [5.41, 5.74) is 6.47. The molecule has 0 fully saturated rings. The number of hydrogen-bond acceptors (Lipinski definition) is 2. The van der Waals surface area contributed by atoms with Crippen LogP contribution >= 0.6 is 11.8 Å². The molecule has 106 valence electrons. The first-order valence-electron chi connectivity index (χ1n) is 6.12. The summed E-state index contributed by atoms with van der Waals surface area (Å²) < 4.78 is 39.9. The maximum absolute atomic E-state index is 13.9. The van der Waals surface area contributed by atoms with Crippen molar-refractivity contribution in [2.24, 2.45) is 5.73 Å². The van der Waals surface area contributed by atoms with Gasteiger partial charge in [0.15, 0.2) is 11.6 Å². The van der Waals surface area contributed by atoms with E-state index in [1.807, 2.05) is 6.92 Å². The maximum atomic E-state index is 13.9. The van der Waals surface area contributed by atoms with Crippen LogP contribution in [0.2, 0.25) is 0 Å². The van der Waals surface area contributed by atoms with E-state index in [1.165, 1.54) is 12.1 Å². The molecule has 5 heteroatoms. The van der Waals surface area contributed by atoms with Crippen LogP contribution in [0.5, 0.6) is 0 Å². The van der Waals surface area contributed by atoms with E-state index in [2.05, 4.69) is 0 Å². The molecule has 1 atom stereocenters. The first kappa shape index (κ1) is 14.9. The highest BCUT2D eigenvalue weighted by atomic mass is 32.2. The number of benzene rings is 2. The molecule has 20 heavy (non-hydrogen) atoms. The van der Waals surface area contributed by atoms with Crippen LogP contribution in [0.4, 0.5) is 13.2 Å². The predicted molar refractivity (Wildman–Crippen MR) is 74.2 cm³/mol. The van der Waals surface area contributed by atoms with Crippen LogP contribution in [0.3, 0.4) is 0 Å². The van der Waals surface area contributed by atoms with Gasteiger partial charge in [0.1, 0.15) is 5.82 Å². The van der Waals surface area contributed by atoms with E-state index in [-0.39, 0.29) is 6.04 Å². The average Bonchev–Trinajstić information content (AvgIpc) is 2.36. The molecular formula is C15H14F3NS. The molecule has 0 saturated heterocycles. The van der Waals surface area contributed by atoms with Gasteiger partial charge in [-0.1, -0.05) is 17.8 Å². The van der Waals surface area contributed by atoms with Gasteiger partial charge in [-0.3, -0.25) is 0 Å². The molecule has 0 heterocycles. The van der Waals surface area contributed by atoms with E-state index in [0.29, 0.717) is 16.2 Å². The zero-order valence-electron chi connectivity index (χ0n) is 10.9. The van der Waals surface area contributed by atoms with Crippen molar-refractivity contribution in [2.75, 3.05) is 0 Å². The minimum Gasteiger partial charge on any atom is -0.328 e. The van der Waals surface area contributed by atoms with Crippen LogP contribution in [0, 0.1) is 17.5 Å². The van der Waals surface area contributed by atoms with E-state index >= 15 is 0 Å². The van der Waals surface area contributed by atoms with Crippen LogP contribution in [0.1, 0.15) is 12.5 Å². The van der Waals surface area contributed by atoms with Gasteiger partial charge in [-0.25, -0.2) is 13.2 Å². The summed E-state index contributed by atoms with van der Waals surface area (Å²) in [6.07, 6.45) is 0.590. The highest BCUT2D eigenvalue weighted by molar-refractivity contribution is 7.99. The molecule has 2 rings (SSSR count). The van der Waals surface area contributed by atoms with Crippen LogP contribution in [-0.2, 0) is 6.42 Å². The smallest absolute Gasteiger partial charge is 0.159 e. The van der Waals surface area contributed by atoms with Crippen LogP contribution in [0.25, 0.3) is 0 Å². The Balaban J connectivity index is 2.19. The fraction of sp³-hybridized carbons (Fsp3) is 0.200. The number of rotatable bonds is 4. The molecule has 0 bridgehead atoms. The summed E-state index contributed by atoms with van der Waals surface area (Å²) >= 11 is 1.05. The Hall–Kier alpha value is -1.46. The van der Waals surface area contributed by atoms with E-state index < -0.39 is 17.5 Å². The Labute approximate surface area is 120 Å². The van der Waals surface area contributed by atoms with Gasteiger partial charge in [0.2, 0.25) is 0 Å². The minimum absolute atomic E-state index is 0.0425. The second kappa shape index (κ2) is 6.33. The molecule has 0 spiro atoms. The quantitative estimate of drug-likeness (QED) is 0.917. The molecule has 2 aromatic rings. The lowest BCUT2D eigenvalue weighted by molar-refractivity contribution is 0.506. The molecule has 1 unspecified atom stereocenters. The fourth-order valence-electron chi connectivity index (χ4n) is 1.79. The van der Waals surface area contributed by atoms with E-state index in [9.17, 15) is 13.2 Å². The molecule has 0 saturated carbocycles. The number of hydrogen-bond donors (Lipinski definition) is 1. The third-order valence-electron chi connectivity index (χ3n) is 2.67. The Morgan fingerprint density at radius 1 is 1.00 bits per heavy atom. The van der Waals surface area contributed by atoms with Crippen LogP contribution in [0.15, 0.2) is 46.2 Å². The number of halogens is 3. The Morgan fingerprint density at radius 2 is 1.75 bits per heavy atom. The van der Waals surface area contributed by atoms with Gasteiger partial charge in [-0.05, 0) is 49.2 Å². The Morgan fingerprint density at radius 3 is 2.35 bits per heavy atom. The normalized spacial score (nSPS) is 12.4. The summed E-state index contributed by atoms with van der Waals surface area (Å²) in [5, 5.41) is 0. The molecule has 2 aromatic carbocycles. The summed E-state index contributed by atoms with van der Waals surface area (Å²) in [6.45, 7) is 1.85. The topological polar surface area (TPSA) is 26.0 Å². The van der Waals surface area contributed by atoms with Crippen molar-refractivity contribution in [3.63, 3.8) is 0 Å². The monoisotopic (exact) mass is 297 g/mol. The molecule has 0 radical (unpaired) electrons. The van der Waals surface area contributed by atoms with Gasteiger partial charge in [0.25, 0.3) is 0 Å². The first-order valence-corrected chi connectivity index (χ1v) is 6.94. The van der Waals surface area contributed by atoms with Gasteiger partial charge >= 0.3 is 0 Å². The van der Waals surface area contributed by atoms with Crippen LogP contribution < -0.4 is 5.73 Å². The first-order chi connectivity index (χ1) is 9.45. The lowest BCUT2D eigenvalue weighted by Gasteiger charge is -2.08. The Kier molecular flexibility index (Phi) is 4.73. The molecular weight excluding hydrogens is 283 g/mol. The van der Waals surface area contributed by atoms with Crippen molar-refractivity contribution in [2.45, 2.75) is 29.2 Å². The third-order valence-corrected chi connectivity index (χ3v) is 3.71. The van der Waals surface area contributed by atoms with Gasteiger partial charge in [0, 0.05) is 15.8 Å². The molecule has 0 aliphatic rings. The van der Waals surface area contributed by atoms with Crippen molar-refractivity contribution in [1.82, 2.24) is 0 Å². The zero-order valence-corrected chi connectivity index (χ0v) is 11.7. The van der Waals surface area contributed by atoms with Gasteiger partial charge < -0.3 is 5.73 Å². The highest BCUT2D eigenvalue weighted by Gasteiger charge is 2.09. The van der Waals surface area contributed by atoms with E-state index in [0.717, 1.165) is 29.5 Å². The third kappa shape index (κ3) is 3.77. The lowest BCUT2D eigenvalue weighted by atomic mass is 10.1. The zero-order chi connectivity index (χ0) is 14.7. The highest BCUT2D eigenvalue weighted by Crippen LogP contribution is 2.31. The molecule has 0 amide bonds. The summed E-state index contributed by atoms with van der Waals surface area (Å²) in [5.74, 6) is -2.25. The predicted octanol–water partition coefficient (Wildman–Crippen LogP) is 4.14. The minimum atomic E-state index is -0.941. The summed E-state index contributed by atoms with van der Waals surface area (Å²) in [4.78, 5) is 0.812. The van der Waals surface area contributed by atoms with Gasteiger partial charge in [-0.15, -0.1) is 0 Å². The van der Waals surface area contributed by atoms with E-state index in [4.69, 9.17) is 5.73 Å². The largest absolute Gasteiger partial charge is 0.328 e. The number of nitrogens with two attached hydrogens (primary N) is 1. The molecule has 0 aliphatic heterocycles. The lowest BCUT2D eigenvalue weighted by Crippen LogP contribution is -2.17. The maximum Gasteiger partial charge on any atom is 0.159 e. The van der Waals surface area contributed by atoms with Crippen molar-refractivity contribution in [1.29, 1.82) is 0 Å². The fourth-order valence-corrected chi connectivity index (χ4v) is 2.64. The van der Waals surface area contributed by atoms with Crippen molar-refractivity contribution in [3.05, 3.63) is 59.4 Å². The van der Waals surface area contributed by atoms with Crippen molar-refractivity contribution < 1.29 is 13.2 Å². The van der Waals surface area contributed by atoms with Crippen LogP contribution in [-0.4, -0.2) is 6.04 Å². The summed E-state index contributed by atoms with van der Waals surface area (Å²) in [7, 11) is 0. The van der Waals surface area contributed by atoms with Crippen molar-refractivity contribution >= 4 is 11.8 Å². The second-order valence-corrected chi connectivity index (χ2v) is 5.74. The van der Waals surface area contributed by atoms with Gasteiger partial charge in [0.05, 0.1) is 0 Å². The Bertz CT molecular complexity index is 614. The molecule has 0 aliphatic carbocycles. The molecule has 0 aromatic heterocycles. The summed E-state index contributed by atoms with van der Waals surface area (Å²) in [6, 6.07) is 8.28. The SMILES string of the molecule is CC(N)Cc1ccc(Sc2ccc(F)c(F)c2)c(F)c1. The second-order valence-electron chi connectivity index (χ2n) is 4.62. The molecule has 1 nitrogen and oxygen atoms in total. The molecule has 2 N–H and O–H groups in total. The average molecular weight is 297 g/mol. The van der Waals surface area contributed by atoms with Gasteiger partial charge in [-0.2, -0.15) is 0 Å². The van der Waals surface area contributed by atoms with Crippen molar-refractivity contribution in [3.8, 4) is 0 Å².